The monoisotopic (exact) mass is 415 g/mol. The van der Waals surface area contributed by atoms with Gasteiger partial charge in [0, 0.05) is 19.6 Å². The normalized spacial score (nSPS) is 15.7. The number of nitrogens with one attached hydrogen (secondary N) is 3. The number of carbonyl (C=O) groups excluding carboxylic acids is 2. The fraction of sp³-hybridized carbons (Fsp3) is 0.600. The van der Waals surface area contributed by atoms with E-state index in [2.05, 4.69) is 10.6 Å². The smallest absolute Gasteiger partial charge is 0.370 e. The minimum Gasteiger partial charge on any atom is -0.370 e. The Bertz CT molecular complexity index is 703. The number of hydrogen-bond donors (Lipinski definition) is 3. The second-order valence-electron chi connectivity index (χ2n) is 7.49. The van der Waals surface area contributed by atoms with E-state index in [4.69, 9.17) is 0 Å². The zero-order valence-corrected chi connectivity index (χ0v) is 17.0. The van der Waals surface area contributed by atoms with Crippen LogP contribution in [0.2, 0.25) is 0 Å². The van der Waals surface area contributed by atoms with Crippen molar-refractivity contribution in [3.8, 4) is 0 Å². The van der Waals surface area contributed by atoms with Gasteiger partial charge < -0.3 is 20.4 Å². The van der Waals surface area contributed by atoms with Crippen LogP contribution in [-0.2, 0) is 15.8 Å². The molecule has 162 valence electrons. The van der Waals surface area contributed by atoms with Gasteiger partial charge in [-0.3, -0.25) is 9.59 Å². The fourth-order valence-electron chi connectivity index (χ4n) is 3.36. The molecule has 2 amide bonds. The van der Waals surface area contributed by atoms with E-state index >= 15 is 0 Å². The summed E-state index contributed by atoms with van der Waals surface area (Å²) in [5.41, 5.74) is -0.0347. The number of halogens is 3. The first-order chi connectivity index (χ1) is 13.7. The van der Waals surface area contributed by atoms with E-state index < -0.39 is 17.6 Å². The van der Waals surface area contributed by atoms with Crippen molar-refractivity contribution in [1.29, 1.82) is 0 Å². The second-order valence-corrected chi connectivity index (χ2v) is 7.49. The molecule has 2 rings (SSSR count). The minimum absolute atomic E-state index is 0.0186. The Hall–Kier alpha value is -2.29. The maximum Gasteiger partial charge on any atom is 0.416 e. The van der Waals surface area contributed by atoms with Crippen molar-refractivity contribution >= 4 is 23.2 Å². The predicted molar refractivity (Wildman–Crippen MR) is 106 cm³/mol. The van der Waals surface area contributed by atoms with Gasteiger partial charge in [-0.15, -0.1) is 0 Å². The molecular weight excluding hydrogens is 385 g/mol. The lowest BCUT2D eigenvalue weighted by Crippen LogP contribution is -3.11. The number of hydrogen-bond acceptors (Lipinski definition) is 3. The lowest BCUT2D eigenvalue weighted by Gasteiger charge is -2.31. The summed E-state index contributed by atoms with van der Waals surface area (Å²) >= 11 is 0. The van der Waals surface area contributed by atoms with E-state index in [9.17, 15) is 22.8 Å². The average Bonchev–Trinajstić information content (AvgIpc) is 2.66. The molecule has 0 saturated carbocycles. The Morgan fingerprint density at radius 2 is 1.76 bits per heavy atom. The molecule has 29 heavy (non-hydrogen) atoms. The van der Waals surface area contributed by atoms with Gasteiger partial charge in [0.15, 0.2) is 13.1 Å². The standard InChI is InChI=1S/C20H29F3N4O2/c1-3-9-24-18(28)13-26(2)14-19(29)25-16-12-15(20(21,22)23)7-8-17(16)27-10-5-4-6-11-27/h7-8,12H,3-6,9-11,13-14H2,1-2H3,(H,24,28)(H,25,29)/p+1. The number of piperidine rings is 1. The molecule has 1 aliphatic rings. The van der Waals surface area contributed by atoms with Gasteiger partial charge in [-0.2, -0.15) is 13.2 Å². The summed E-state index contributed by atoms with van der Waals surface area (Å²) in [6.07, 6.45) is -0.644. The number of amides is 2. The van der Waals surface area contributed by atoms with E-state index in [0.29, 0.717) is 17.1 Å². The summed E-state index contributed by atoms with van der Waals surface area (Å²) in [6, 6.07) is 3.47. The summed E-state index contributed by atoms with van der Waals surface area (Å²) < 4.78 is 39.5. The predicted octanol–water partition coefficient (Wildman–Crippen LogP) is 1.68. The van der Waals surface area contributed by atoms with Crippen LogP contribution >= 0.6 is 0 Å². The molecule has 3 N–H and O–H groups in total. The molecular formula is C20H30F3N4O2+. The third-order valence-electron chi connectivity index (χ3n) is 4.79. The molecule has 9 heteroatoms. The van der Waals surface area contributed by atoms with E-state index in [1.807, 2.05) is 11.8 Å². The van der Waals surface area contributed by atoms with Gasteiger partial charge in [-0.05, 0) is 43.9 Å². The van der Waals surface area contributed by atoms with Gasteiger partial charge in [0.05, 0.1) is 24.0 Å². The van der Waals surface area contributed by atoms with Crippen LogP contribution in [0.4, 0.5) is 24.5 Å². The van der Waals surface area contributed by atoms with Gasteiger partial charge in [0.2, 0.25) is 0 Å². The van der Waals surface area contributed by atoms with Gasteiger partial charge in [0.1, 0.15) is 0 Å². The van der Waals surface area contributed by atoms with Gasteiger partial charge in [-0.25, -0.2) is 0 Å². The summed E-state index contributed by atoms with van der Waals surface area (Å²) in [5.74, 6) is -0.589. The van der Waals surface area contributed by atoms with Crippen LogP contribution in [0, 0.1) is 0 Å². The average molecular weight is 415 g/mol. The highest BCUT2D eigenvalue weighted by Gasteiger charge is 2.32. The van der Waals surface area contributed by atoms with Crippen LogP contribution in [0.5, 0.6) is 0 Å². The summed E-state index contributed by atoms with van der Waals surface area (Å²) in [5, 5.41) is 5.37. The highest BCUT2D eigenvalue weighted by atomic mass is 19.4. The molecule has 1 fully saturated rings. The third-order valence-corrected chi connectivity index (χ3v) is 4.79. The molecule has 1 aromatic rings. The van der Waals surface area contributed by atoms with Crippen LogP contribution in [0.25, 0.3) is 0 Å². The van der Waals surface area contributed by atoms with Crippen LogP contribution in [0.1, 0.15) is 38.2 Å². The largest absolute Gasteiger partial charge is 0.416 e. The van der Waals surface area contributed by atoms with E-state index in [1.165, 1.54) is 6.07 Å². The number of nitrogens with zero attached hydrogens (tertiary/aromatic N) is 1. The van der Waals surface area contributed by atoms with Crippen LogP contribution < -0.4 is 20.4 Å². The molecule has 0 radical (unpaired) electrons. The molecule has 1 aromatic carbocycles. The molecule has 1 heterocycles. The minimum atomic E-state index is -4.49. The number of likely N-dealkylation sites (N-methyl/N-ethyl adjacent to an activating group) is 1. The number of carbonyl (C=O) groups is 2. The molecule has 0 aliphatic carbocycles. The summed E-state index contributed by atoms with van der Waals surface area (Å²) in [4.78, 5) is 26.9. The zero-order chi connectivity index (χ0) is 21.4. The Kier molecular flexibility index (Phi) is 8.31. The van der Waals surface area contributed by atoms with Gasteiger partial charge in [0.25, 0.3) is 11.8 Å². The lowest BCUT2D eigenvalue weighted by molar-refractivity contribution is -0.862. The van der Waals surface area contributed by atoms with Crippen LogP contribution in [0.15, 0.2) is 18.2 Å². The van der Waals surface area contributed by atoms with Crippen molar-refractivity contribution in [2.75, 3.05) is 50.0 Å². The fourth-order valence-corrected chi connectivity index (χ4v) is 3.36. The second kappa shape index (κ2) is 10.5. The van der Waals surface area contributed by atoms with Crippen molar-refractivity contribution in [1.82, 2.24) is 5.32 Å². The van der Waals surface area contributed by atoms with Crippen molar-refractivity contribution in [2.24, 2.45) is 0 Å². The van der Waals surface area contributed by atoms with Crippen LogP contribution in [0.3, 0.4) is 0 Å². The first kappa shape index (κ1) is 23.0. The Labute approximate surface area is 169 Å². The maximum absolute atomic E-state index is 13.2. The summed E-state index contributed by atoms with van der Waals surface area (Å²) in [6.45, 7) is 4.11. The number of anilines is 2. The van der Waals surface area contributed by atoms with Crippen molar-refractivity contribution in [3.05, 3.63) is 23.8 Å². The number of quaternary nitrogens is 1. The van der Waals surface area contributed by atoms with E-state index in [-0.39, 0.29) is 24.7 Å². The molecule has 1 saturated heterocycles. The topological polar surface area (TPSA) is 65.9 Å². The number of rotatable bonds is 8. The van der Waals surface area contributed by atoms with Crippen molar-refractivity contribution < 1.29 is 27.7 Å². The van der Waals surface area contributed by atoms with E-state index in [0.717, 1.165) is 50.9 Å². The third kappa shape index (κ3) is 7.23. The Morgan fingerprint density at radius 1 is 1.10 bits per heavy atom. The Balaban J connectivity index is 2.09. The molecule has 0 bridgehead atoms. The molecule has 1 unspecified atom stereocenters. The molecule has 1 atom stereocenters. The van der Waals surface area contributed by atoms with Crippen molar-refractivity contribution in [3.63, 3.8) is 0 Å². The molecule has 0 aromatic heterocycles. The molecule has 6 nitrogen and oxygen atoms in total. The zero-order valence-electron chi connectivity index (χ0n) is 17.0. The van der Waals surface area contributed by atoms with Crippen molar-refractivity contribution in [2.45, 2.75) is 38.8 Å². The first-order valence-corrected chi connectivity index (χ1v) is 10.0. The van der Waals surface area contributed by atoms with Crippen LogP contribution in [-0.4, -0.2) is 51.6 Å². The lowest BCUT2D eigenvalue weighted by atomic mass is 10.1. The number of benzene rings is 1. The quantitative estimate of drug-likeness (QED) is 0.605. The maximum atomic E-state index is 13.2. The van der Waals surface area contributed by atoms with E-state index in [1.54, 1.807) is 7.05 Å². The molecule has 0 spiro atoms. The van der Waals surface area contributed by atoms with Gasteiger partial charge in [-0.1, -0.05) is 6.92 Å². The summed E-state index contributed by atoms with van der Waals surface area (Å²) in [7, 11) is 1.70. The SMILES string of the molecule is CCCNC(=O)C[NH+](C)CC(=O)Nc1cc(C(F)(F)F)ccc1N1CCCCC1. The highest BCUT2D eigenvalue weighted by molar-refractivity contribution is 5.95. The number of alkyl halides is 3. The Morgan fingerprint density at radius 3 is 2.38 bits per heavy atom. The highest BCUT2D eigenvalue weighted by Crippen LogP contribution is 2.36. The molecule has 1 aliphatic heterocycles. The first-order valence-electron chi connectivity index (χ1n) is 10.0. The van der Waals surface area contributed by atoms with Gasteiger partial charge >= 0.3 is 6.18 Å².